The average molecular weight is 482 g/mol. The van der Waals surface area contributed by atoms with E-state index < -0.39 is 5.91 Å². The summed E-state index contributed by atoms with van der Waals surface area (Å²) in [5, 5.41) is 12.9. The fourth-order valence-corrected chi connectivity index (χ4v) is 3.87. The molecular formula is C22H14Cl2FN7O. The fraction of sp³-hybridized carbons (Fsp3) is 0.0455. The number of anilines is 1. The first-order chi connectivity index (χ1) is 15.9. The number of carbonyl (C=O) groups excluding carboxylic acids is 1. The fourth-order valence-electron chi connectivity index (χ4n) is 3.38. The smallest absolute Gasteiger partial charge is 0.258 e. The van der Waals surface area contributed by atoms with Crippen molar-refractivity contribution in [2.75, 3.05) is 5.32 Å². The van der Waals surface area contributed by atoms with Gasteiger partial charge in [0.05, 0.1) is 33.6 Å². The number of nitrogens with one attached hydrogen (secondary N) is 1. The van der Waals surface area contributed by atoms with E-state index in [2.05, 4.69) is 25.5 Å². The molecule has 0 aliphatic carbocycles. The zero-order valence-corrected chi connectivity index (χ0v) is 18.5. The van der Waals surface area contributed by atoms with Crippen molar-refractivity contribution in [2.24, 2.45) is 0 Å². The molecule has 0 saturated carbocycles. The molecule has 0 aliphatic heterocycles. The highest BCUT2D eigenvalue weighted by Gasteiger charge is 2.19. The van der Waals surface area contributed by atoms with Crippen molar-refractivity contribution in [3.8, 4) is 11.5 Å². The van der Waals surface area contributed by atoms with Crippen LogP contribution in [0.1, 0.15) is 16.1 Å². The van der Waals surface area contributed by atoms with Crippen molar-refractivity contribution in [3.63, 3.8) is 0 Å². The van der Waals surface area contributed by atoms with Gasteiger partial charge in [0.25, 0.3) is 5.91 Å². The quantitative estimate of drug-likeness (QED) is 0.389. The van der Waals surface area contributed by atoms with E-state index >= 15 is 0 Å². The molecular weight excluding hydrogens is 468 g/mol. The third kappa shape index (κ3) is 3.92. The van der Waals surface area contributed by atoms with Crippen LogP contribution in [0.15, 0.2) is 61.1 Å². The number of halogens is 3. The number of fused-ring (bicyclic) bond motifs is 1. The van der Waals surface area contributed by atoms with Crippen LogP contribution in [-0.2, 0) is 0 Å². The van der Waals surface area contributed by atoms with E-state index in [0.717, 1.165) is 0 Å². The van der Waals surface area contributed by atoms with Gasteiger partial charge >= 0.3 is 0 Å². The second kappa shape index (κ2) is 8.27. The summed E-state index contributed by atoms with van der Waals surface area (Å²) in [6.45, 7) is 1.79. The van der Waals surface area contributed by atoms with Crippen LogP contribution in [-0.4, -0.2) is 35.4 Å². The minimum atomic E-state index is -0.426. The van der Waals surface area contributed by atoms with E-state index in [9.17, 15) is 9.18 Å². The van der Waals surface area contributed by atoms with E-state index in [1.54, 1.807) is 48.1 Å². The van der Waals surface area contributed by atoms with Gasteiger partial charge in [-0.3, -0.25) is 4.79 Å². The molecule has 11 heteroatoms. The molecule has 0 atom stereocenters. The number of aromatic nitrogens is 6. The van der Waals surface area contributed by atoms with Crippen molar-refractivity contribution in [1.82, 2.24) is 29.5 Å². The Morgan fingerprint density at radius 2 is 1.82 bits per heavy atom. The summed E-state index contributed by atoms with van der Waals surface area (Å²) in [6, 6.07) is 12.2. The van der Waals surface area contributed by atoms with Gasteiger partial charge in [0.1, 0.15) is 18.0 Å². The number of nitrogens with zero attached hydrogens (tertiary/aromatic N) is 6. The van der Waals surface area contributed by atoms with Crippen LogP contribution in [0.2, 0.25) is 10.0 Å². The van der Waals surface area contributed by atoms with Gasteiger partial charge in [-0.1, -0.05) is 23.2 Å². The van der Waals surface area contributed by atoms with E-state index in [1.807, 2.05) is 0 Å². The Balaban J connectivity index is 1.56. The zero-order chi connectivity index (χ0) is 23.1. The van der Waals surface area contributed by atoms with E-state index in [-0.39, 0.29) is 16.4 Å². The maximum absolute atomic E-state index is 13.3. The minimum absolute atomic E-state index is 0.229. The number of benzene rings is 2. The van der Waals surface area contributed by atoms with Crippen molar-refractivity contribution in [3.05, 3.63) is 88.2 Å². The second-order valence-electron chi connectivity index (χ2n) is 7.13. The minimum Gasteiger partial charge on any atom is -0.306 e. The Hall–Kier alpha value is -3.82. The zero-order valence-electron chi connectivity index (χ0n) is 17.0. The van der Waals surface area contributed by atoms with Crippen LogP contribution in [0.3, 0.4) is 0 Å². The van der Waals surface area contributed by atoms with E-state index in [0.29, 0.717) is 39.1 Å². The monoisotopic (exact) mass is 481 g/mol. The number of aryl methyl sites for hydroxylation is 1. The van der Waals surface area contributed by atoms with Crippen molar-refractivity contribution in [1.29, 1.82) is 0 Å². The van der Waals surface area contributed by atoms with E-state index in [1.165, 1.54) is 29.2 Å². The maximum atomic E-state index is 13.3. The molecule has 5 rings (SSSR count). The molecule has 0 aliphatic rings. The highest BCUT2D eigenvalue weighted by atomic mass is 35.5. The summed E-state index contributed by atoms with van der Waals surface area (Å²) in [7, 11) is 0. The van der Waals surface area contributed by atoms with Gasteiger partial charge in [0, 0.05) is 11.1 Å². The molecule has 33 heavy (non-hydrogen) atoms. The number of hydrogen-bond donors (Lipinski definition) is 1. The summed E-state index contributed by atoms with van der Waals surface area (Å²) >= 11 is 12.1. The molecule has 0 bridgehead atoms. The van der Waals surface area contributed by atoms with E-state index in [4.69, 9.17) is 23.2 Å². The Morgan fingerprint density at radius 3 is 2.58 bits per heavy atom. The van der Waals surface area contributed by atoms with Gasteiger partial charge in [-0.15, -0.1) is 0 Å². The molecule has 1 amide bonds. The second-order valence-corrected chi connectivity index (χ2v) is 7.97. The van der Waals surface area contributed by atoms with Gasteiger partial charge in [-0.25, -0.2) is 19.0 Å². The molecule has 3 heterocycles. The van der Waals surface area contributed by atoms with Crippen LogP contribution >= 0.6 is 23.2 Å². The summed E-state index contributed by atoms with van der Waals surface area (Å²) in [5.41, 5.74) is 2.06. The largest absolute Gasteiger partial charge is 0.306 e. The lowest BCUT2D eigenvalue weighted by molar-refractivity contribution is 0.102. The first kappa shape index (κ1) is 21.0. The molecule has 0 unspecified atom stereocenters. The lowest BCUT2D eigenvalue weighted by Crippen LogP contribution is -2.16. The summed E-state index contributed by atoms with van der Waals surface area (Å²) in [5.74, 6) is 0.0286. The Labute approximate surface area is 196 Å². The lowest BCUT2D eigenvalue weighted by atomic mass is 10.2. The van der Waals surface area contributed by atoms with Crippen molar-refractivity contribution in [2.45, 2.75) is 6.92 Å². The highest BCUT2D eigenvalue weighted by Crippen LogP contribution is 2.26. The van der Waals surface area contributed by atoms with Crippen LogP contribution in [0.5, 0.6) is 0 Å². The predicted molar refractivity (Wildman–Crippen MR) is 123 cm³/mol. The Bertz CT molecular complexity index is 1510. The average Bonchev–Trinajstić information content (AvgIpc) is 3.37. The number of carbonyl (C=O) groups is 1. The topological polar surface area (TPSA) is 90.5 Å². The van der Waals surface area contributed by atoms with Gasteiger partial charge in [-0.05, 0) is 49.4 Å². The highest BCUT2D eigenvalue weighted by molar-refractivity contribution is 6.37. The molecule has 8 nitrogen and oxygen atoms in total. The van der Waals surface area contributed by atoms with Crippen LogP contribution < -0.4 is 5.32 Å². The first-order valence-corrected chi connectivity index (χ1v) is 10.4. The molecule has 3 aromatic heterocycles. The predicted octanol–water partition coefficient (Wildman–Crippen LogP) is 5.01. The molecule has 0 saturated heterocycles. The molecule has 1 N–H and O–H groups in total. The molecule has 0 spiro atoms. The van der Waals surface area contributed by atoms with Crippen molar-refractivity contribution < 1.29 is 9.18 Å². The van der Waals surface area contributed by atoms with Crippen molar-refractivity contribution >= 4 is 46.0 Å². The summed E-state index contributed by atoms with van der Waals surface area (Å²) < 4.78 is 16.4. The molecule has 164 valence electrons. The standard InChI is InChI=1S/C22H14Cl2FN7O/c1-12-8-19(29-22(33)16-7-2-13(23)9-18(16)24)32(30-12)21-17-10-28-31(20(17)26-11-27-21)15-5-3-14(25)4-6-15/h2-11H,1H3,(H,29,33). The number of amides is 1. The molecule has 2 aromatic carbocycles. The number of hydrogen-bond acceptors (Lipinski definition) is 5. The first-order valence-electron chi connectivity index (χ1n) is 9.69. The SMILES string of the molecule is Cc1cc(NC(=O)c2ccc(Cl)cc2Cl)n(-c2ncnc3c2cnn3-c2ccc(F)cc2)n1. The normalized spacial score (nSPS) is 11.2. The maximum Gasteiger partial charge on any atom is 0.258 e. The molecule has 5 aromatic rings. The van der Waals surface area contributed by atoms with Crippen LogP contribution in [0.4, 0.5) is 10.2 Å². The third-order valence-corrected chi connectivity index (χ3v) is 5.41. The van der Waals surface area contributed by atoms with Crippen LogP contribution in [0.25, 0.3) is 22.5 Å². The molecule has 0 fully saturated rings. The summed E-state index contributed by atoms with van der Waals surface area (Å²) in [6.07, 6.45) is 2.96. The summed E-state index contributed by atoms with van der Waals surface area (Å²) in [4.78, 5) is 21.6. The Morgan fingerprint density at radius 1 is 1.03 bits per heavy atom. The van der Waals surface area contributed by atoms with Gasteiger partial charge < -0.3 is 5.32 Å². The molecule has 0 radical (unpaired) electrons. The van der Waals surface area contributed by atoms with Gasteiger partial charge in [0.2, 0.25) is 0 Å². The van der Waals surface area contributed by atoms with Gasteiger partial charge in [-0.2, -0.15) is 14.9 Å². The van der Waals surface area contributed by atoms with Crippen LogP contribution in [0, 0.1) is 12.7 Å². The third-order valence-electron chi connectivity index (χ3n) is 4.87. The number of rotatable bonds is 4. The Kier molecular flexibility index (Phi) is 5.27. The van der Waals surface area contributed by atoms with Gasteiger partial charge in [0.15, 0.2) is 11.5 Å². The lowest BCUT2D eigenvalue weighted by Gasteiger charge is -2.10.